The molecular weight excluding hydrogens is 174 g/mol. The molecule has 1 aromatic carbocycles. The number of rotatable bonds is 1. The summed E-state index contributed by atoms with van der Waals surface area (Å²) in [7, 11) is 0. The fraction of sp³-hybridized carbons (Fsp3) is 0.500. The molecule has 0 spiro atoms. The molecule has 0 saturated heterocycles. The van der Waals surface area contributed by atoms with Crippen LogP contribution in [0.4, 0.5) is 0 Å². The third-order valence-electron chi connectivity index (χ3n) is 2.86. The molecule has 14 heavy (non-hydrogen) atoms. The Labute approximate surface area is 85.0 Å². The minimum Gasteiger partial charge on any atom is -0.374 e. The highest BCUT2D eigenvalue weighted by Gasteiger charge is 2.17. The van der Waals surface area contributed by atoms with Crippen LogP contribution < -0.4 is 5.32 Å². The lowest BCUT2D eigenvalue weighted by Crippen LogP contribution is -2.29. The number of aliphatic hydroxyl groups excluding tert-OH is 1. The minimum absolute atomic E-state index is 0.472. The van der Waals surface area contributed by atoms with Crippen LogP contribution in [0.1, 0.15) is 42.7 Å². The van der Waals surface area contributed by atoms with Gasteiger partial charge in [-0.2, -0.15) is 0 Å². The van der Waals surface area contributed by atoms with Crippen LogP contribution in [0.3, 0.4) is 0 Å². The van der Waals surface area contributed by atoms with E-state index in [1.165, 1.54) is 11.1 Å². The molecule has 1 aliphatic rings. The smallest absolute Gasteiger partial charge is 0.131 e. The van der Waals surface area contributed by atoms with Crippen LogP contribution in [0.15, 0.2) is 18.2 Å². The highest BCUT2D eigenvalue weighted by Crippen LogP contribution is 2.25. The van der Waals surface area contributed by atoms with E-state index in [2.05, 4.69) is 31.3 Å². The molecule has 1 unspecified atom stereocenters. The summed E-state index contributed by atoms with van der Waals surface area (Å²) in [5, 5.41) is 12.7. The van der Waals surface area contributed by atoms with Crippen molar-refractivity contribution in [1.29, 1.82) is 0 Å². The van der Waals surface area contributed by atoms with E-state index in [-0.39, 0.29) is 0 Å². The molecule has 0 radical (unpaired) electrons. The zero-order valence-electron chi connectivity index (χ0n) is 8.75. The molecule has 0 aromatic heterocycles. The first-order valence-electron chi connectivity index (χ1n) is 5.22. The minimum atomic E-state index is -0.472. The first-order chi connectivity index (χ1) is 6.68. The van der Waals surface area contributed by atoms with E-state index >= 15 is 0 Å². The molecular formula is C12H17NO. The van der Waals surface area contributed by atoms with Gasteiger partial charge in [0.2, 0.25) is 0 Å². The summed E-state index contributed by atoms with van der Waals surface area (Å²) in [6, 6.07) is 6.38. The third kappa shape index (κ3) is 1.68. The van der Waals surface area contributed by atoms with Gasteiger partial charge in [-0.3, -0.25) is 5.32 Å². The van der Waals surface area contributed by atoms with Crippen molar-refractivity contribution < 1.29 is 5.11 Å². The predicted molar refractivity (Wildman–Crippen MR) is 57.2 cm³/mol. The maximum Gasteiger partial charge on any atom is 0.131 e. The molecule has 0 fully saturated rings. The van der Waals surface area contributed by atoms with Gasteiger partial charge in [-0.25, -0.2) is 0 Å². The lowest BCUT2D eigenvalue weighted by Gasteiger charge is -2.23. The lowest BCUT2D eigenvalue weighted by molar-refractivity contribution is 0.132. The van der Waals surface area contributed by atoms with E-state index in [0.29, 0.717) is 5.92 Å². The van der Waals surface area contributed by atoms with Gasteiger partial charge in [0.1, 0.15) is 6.23 Å². The van der Waals surface area contributed by atoms with E-state index < -0.39 is 6.23 Å². The summed E-state index contributed by atoms with van der Waals surface area (Å²) in [6.07, 6.45) is 0.549. The summed E-state index contributed by atoms with van der Waals surface area (Å²) in [6.45, 7) is 5.26. The number of hydrogen-bond donors (Lipinski definition) is 2. The number of aliphatic hydroxyl groups is 1. The zero-order valence-corrected chi connectivity index (χ0v) is 8.75. The van der Waals surface area contributed by atoms with Gasteiger partial charge in [-0.15, -0.1) is 0 Å². The van der Waals surface area contributed by atoms with Crippen LogP contribution in [-0.4, -0.2) is 11.7 Å². The van der Waals surface area contributed by atoms with Gasteiger partial charge in [0.15, 0.2) is 0 Å². The summed E-state index contributed by atoms with van der Waals surface area (Å²) >= 11 is 0. The Morgan fingerprint density at radius 3 is 2.93 bits per heavy atom. The fourth-order valence-corrected chi connectivity index (χ4v) is 1.92. The third-order valence-corrected chi connectivity index (χ3v) is 2.86. The molecule has 1 aromatic rings. The van der Waals surface area contributed by atoms with Crippen LogP contribution in [0.2, 0.25) is 0 Å². The van der Waals surface area contributed by atoms with Gasteiger partial charge in [0, 0.05) is 6.54 Å². The summed E-state index contributed by atoms with van der Waals surface area (Å²) in [5.41, 5.74) is 3.70. The van der Waals surface area contributed by atoms with E-state index in [4.69, 9.17) is 0 Å². The van der Waals surface area contributed by atoms with Crippen molar-refractivity contribution in [3.63, 3.8) is 0 Å². The van der Waals surface area contributed by atoms with E-state index in [1.54, 1.807) is 0 Å². The maximum atomic E-state index is 9.68. The number of benzene rings is 1. The summed E-state index contributed by atoms with van der Waals surface area (Å²) in [4.78, 5) is 0. The molecule has 2 heteroatoms. The van der Waals surface area contributed by atoms with Crippen LogP contribution in [0.5, 0.6) is 0 Å². The fourth-order valence-electron chi connectivity index (χ4n) is 1.92. The van der Waals surface area contributed by atoms with Gasteiger partial charge in [0.05, 0.1) is 0 Å². The first kappa shape index (κ1) is 9.69. The molecule has 0 amide bonds. The van der Waals surface area contributed by atoms with Crippen LogP contribution >= 0.6 is 0 Å². The van der Waals surface area contributed by atoms with Crippen LogP contribution in [0.25, 0.3) is 0 Å². The number of nitrogens with one attached hydrogen (secondary N) is 1. The predicted octanol–water partition coefficient (Wildman–Crippen LogP) is 1.95. The lowest BCUT2D eigenvalue weighted by atomic mass is 9.93. The molecule has 76 valence electrons. The van der Waals surface area contributed by atoms with E-state index in [9.17, 15) is 5.11 Å². The Morgan fingerprint density at radius 2 is 2.21 bits per heavy atom. The van der Waals surface area contributed by atoms with Gasteiger partial charge < -0.3 is 5.11 Å². The van der Waals surface area contributed by atoms with Gasteiger partial charge >= 0.3 is 0 Å². The molecule has 2 nitrogen and oxygen atoms in total. The summed E-state index contributed by atoms with van der Waals surface area (Å²) in [5.74, 6) is 0.562. The maximum absolute atomic E-state index is 9.68. The Morgan fingerprint density at radius 1 is 1.43 bits per heavy atom. The van der Waals surface area contributed by atoms with E-state index in [0.717, 1.165) is 18.5 Å². The molecule has 0 saturated carbocycles. The number of fused-ring (bicyclic) bond motifs is 1. The topological polar surface area (TPSA) is 32.3 Å². The molecule has 0 bridgehead atoms. The molecule has 0 aliphatic carbocycles. The second kappa shape index (κ2) is 3.71. The second-order valence-electron chi connectivity index (χ2n) is 4.22. The first-order valence-corrected chi connectivity index (χ1v) is 5.22. The molecule has 2 N–H and O–H groups in total. The summed E-state index contributed by atoms with van der Waals surface area (Å²) < 4.78 is 0. The Bertz CT molecular complexity index is 333. The average Bonchev–Trinajstić information content (AvgIpc) is 2.17. The quantitative estimate of drug-likeness (QED) is 0.711. The molecule has 2 rings (SSSR count). The zero-order chi connectivity index (χ0) is 10.1. The molecule has 1 atom stereocenters. The van der Waals surface area contributed by atoms with Crippen LogP contribution in [0, 0.1) is 0 Å². The van der Waals surface area contributed by atoms with Crippen molar-refractivity contribution >= 4 is 0 Å². The monoisotopic (exact) mass is 191 g/mol. The SMILES string of the molecule is CC(C)c1ccc2c(c1)CCNC2O. The van der Waals surface area contributed by atoms with Crippen molar-refractivity contribution in [3.8, 4) is 0 Å². The molecule has 1 heterocycles. The Hall–Kier alpha value is -0.860. The number of hydrogen-bond acceptors (Lipinski definition) is 2. The Balaban J connectivity index is 2.39. The van der Waals surface area contributed by atoms with Crippen molar-refractivity contribution in [2.75, 3.05) is 6.54 Å². The van der Waals surface area contributed by atoms with Crippen molar-refractivity contribution in [2.24, 2.45) is 0 Å². The second-order valence-corrected chi connectivity index (χ2v) is 4.22. The molecule has 1 aliphatic heterocycles. The van der Waals surface area contributed by atoms with Crippen LogP contribution in [-0.2, 0) is 6.42 Å². The largest absolute Gasteiger partial charge is 0.374 e. The Kier molecular flexibility index (Phi) is 2.57. The van der Waals surface area contributed by atoms with Gasteiger partial charge in [0.25, 0.3) is 0 Å². The van der Waals surface area contributed by atoms with Gasteiger partial charge in [-0.1, -0.05) is 32.0 Å². The highest BCUT2D eigenvalue weighted by atomic mass is 16.3. The standard InChI is InChI=1S/C12H17NO/c1-8(2)9-3-4-11-10(7-9)5-6-13-12(11)14/h3-4,7-8,12-14H,5-6H2,1-2H3. The normalized spacial score (nSPS) is 21.0. The highest BCUT2D eigenvalue weighted by molar-refractivity contribution is 5.36. The van der Waals surface area contributed by atoms with Crippen molar-refractivity contribution in [2.45, 2.75) is 32.4 Å². The van der Waals surface area contributed by atoms with Gasteiger partial charge in [-0.05, 0) is 29.0 Å². The average molecular weight is 191 g/mol. The van der Waals surface area contributed by atoms with Crippen molar-refractivity contribution in [3.05, 3.63) is 34.9 Å². The van der Waals surface area contributed by atoms with Crippen molar-refractivity contribution in [1.82, 2.24) is 5.32 Å². The van der Waals surface area contributed by atoms with E-state index in [1.807, 2.05) is 6.07 Å².